The van der Waals surface area contributed by atoms with Crippen LogP contribution in [0.25, 0.3) is 11.4 Å². The van der Waals surface area contributed by atoms with Crippen LogP contribution in [0.2, 0.25) is 0 Å². The molecular formula is C19H21N5O2. The Balaban J connectivity index is 1.64. The van der Waals surface area contributed by atoms with Gasteiger partial charge in [-0.3, -0.25) is 14.3 Å². The van der Waals surface area contributed by atoms with Gasteiger partial charge in [0, 0.05) is 48.4 Å². The van der Waals surface area contributed by atoms with Gasteiger partial charge in [-0.2, -0.15) is 5.10 Å². The minimum absolute atomic E-state index is 0.0573. The number of aromatic amines is 1. The van der Waals surface area contributed by atoms with E-state index in [-0.39, 0.29) is 11.5 Å². The highest BCUT2D eigenvalue weighted by Crippen LogP contribution is 2.19. The number of rotatable bonds is 7. The quantitative estimate of drug-likeness (QED) is 0.684. The largest absolute Gasteiger partial charge is 0.326 e. The molecule has 3 rings (SSSR count). The van der Waals surface area contributed by atoms with E-state index in [4.69, 9.17) is 0 Å². The molecule has 0 aliphatic carbocycles. The van der Waals surface area contributed by atoms with Crippen LogP contribution in [0.3, 0.4) is 0 Å². The van der Waals surface area contributed by atoms with Crippen molar-refractivity contribution in [1.29, 1.82) is 0 Å². The van der Waals surface area contributed by atoms with Crippen molar-refractivity contribution in [3.8, 4) is 11.4 Å². The number of amides is 1. The molecule has 26 heavy (non-hydrogen) atoms. The standard InChI is InChI=1S/C19H21N5O2/c1-2-15-13-18(26)23-19(22-15)14-6-3-7-16(12-14)21-17(25)8-4-10-24-11-5-9-20-24/h3,5-7,9,11-13H,2,4,8,10H2,1H3,(H,21,25)(H,22,23,26). The van der Waals surface area contributed by atoms with Crippen LogP contribution in [0.5, 0.6) is 0 Å². The first kappa shape index (κ1) is 17.6. The maximum absolute atomic E-state index is 12.1. The predicted octanol–water partition coefficient (Wildman–Crippen LogP) is 2.61. The lowest BCUT2D eigenvalue weighted by atomic mass is 10.1. The van der Waals surface area contributed by atoms with Gasteiger partial charge in [0.2, 0.25) is 5.91 Å². The summed E-state index contributed by atoms with van der Waals surface area (Å²) in [4.78, 5) is 31.1. The number of nitrogens with zero attached hydrogens (tertiary/aromatic N) is 3. The summed E-state index contributed by atoms with van der Waals surface area (Å²) in [5.74, 6) is 0.446. The van der Waals surface area contributed by atoms with Crippen LogP contribution in [0.1, 0.15) is 25.5 Å². The van der Waals surface area contributed by atoms with Crippen molar-refractivity contribution >= 4 is 11.6 Å². The molecule has 0 saturated carbocycles. The Morgan fingerprint density at radius 2 is 2.15 bits per heavy atom. The second-order valence-corrected chi connectivity index (χ2v) is 5.94. The first-order valence-electron chi connectivity index (χ1n) is 8.62. The molecule has 0 bridgehead atoms. The van der Waals surface area contributed by atoms with Crippen molar-refractivity contribution in [2.24, 2.45) is 0 Å². The fourth-order valence-corrected chi connectivity index (χ4v) is 2.63. The molecule has 2 N–H and O–H groups in total. The summed E-state index contributed by atoms with van der Waals surface area (Å²) in [6.45, 7) is 2.65. The first-order valence-corrected chi connectivity index (χ1v) is 8.62. The summed E-state index contributed by atoms with van der Waals surface area (Å²) in [5.41, 5.74) is 1.99. The molecule has 1 aromatic carbocycles. The van der Waals surface area contributed by atoms with Crippen LogP contribution >= 0.6 is 0 Å². The van der Waals surface area contributed by atoms with E-state index in [9.17, 15) is 9.59 Å². The molecular weight excluding hydrogens is 330 g/mol. The molecule has 0 unspecified atom stereocenters. The maximum Gasteiger partial charge on any atom is 0.251 e. The molecule has 0 atom stereocenters. The van der Waals surface area contributed by atoms with Gasteiger partial charge in [-0.25, -0.2) is 4.98 Å². The lowest BCUT2D eigenvalue weighted by Crippen LogP contribution is -2.13. The fraction of sp³-hybridized carbons (Fsp3) is 0.263. The number of aromatic nitrogens is 4. The minimum Gasteiger partial charge on any atom is -0.326 e. The van der Waals surface area contributed by atoms with E-state index in [2.05, 4.69) is 20.4 Å². The molecule has 134 valence electrons. The van der Waals surface area contributed by atoms with Gasteiger partial charge in [0.15, 0.2) is 0 Å². The third-order valence-corrected chi connectivity index (χ3v) is 3.93. The highest BCUT2D eigenvalue weighted by atomic mass is 16.1. The van der Waals surface area contributed by atoms with Gasteiger partial charge in [0.25, 0.3) is 5.56 Å². The minimum atomic E-state index is -0.181. The van der Waals surface area contributed by atoms with Gasteiger partial charge in [-0.1, -0.05) is 19.1 Å². The van der Waals surface area contributed by atoms with E-state index in [1.165, 1.54) is 6.07 Å². The van der Waals surface area contributed by atoms with Crippen molar-refractivity contribution in [2.45, 2.75) is 32.7 Å². The van der Waals surface area contributed by atoms with Crippen molar-refractivity contribution in [2.75, 3.05) is 5.32 Å². The fourth-order valence-electron chi connectivity index (χ4n) is 2.63. The van der Waals surface area contributed by atoms with Crippen molar-refractivity contribution < 1.29 is 4.79 Å². The molecule has 0 radical (unpaired) electrons. The number of benzene rings is 1. The smallest absolute Gasteiger partial charge is 0.251 e. The van der Waals surface area contributed by atoms with Crippen molar-refractivity contribution in [3.63, 3.8) is 0 Å². The van der Waals surface area contributed by atoms with Crippen LogP contribution in [0.15, 0.2) is 53.6 Å². The zero-order chi connectivity index (χ0) is 18.4. The Morgan fingerprint density at radius 3 is 2.92 bits per heavy atom. The summed E-state index contributed by atoms with van der Waals surface area (Å²) >= 11 is 0. The van der Waals surface area contributed by atoms with Gasteiger partial charge in [0.1, 0.15) is 5.82 Å². The first-order chi connectivity index (χ1) is 12.6. The SMILES string of the molecule is CCc1cc(=O)[nH]c(-c2cccc(NC(=O)CCCn3cccn3)c2)n1. The molecule has 2 heterocycles. The molecule has 0 fully saturated rings. The third-order valence-electron chi connectivity index (χ3n) is 3.93. The van der Waals surface area contributed by atoms with E-state index >= 15 is 0 Å². The van der Waals surface area contributed by atoms with Crippen LogP contribution in [-0.2, 0) is 17.8 Å². The highest BCUT2D eigenvalue weighted by Gasteiger charge is 2.07. The second-order valence-electron chi connectivity index (χ2n) is 5.94. The molecule has 2 aromatic heterocycles. The summed E-state index contributed by atoms with van der Waals surface area (Å²) in [6.07, 6.45) is 5.39. The predicted molar refractivity (Wildman–Crippen MR) is 99.8 cm³/mol. The van der Waals surface area contributed by atoms with Crippen LogP contribution in [0.4, 0.5) is 5.69 Å². The Kier molecular flexibility index (Phi) is 5.58. The number of hydrogen-bond donors (Lipinski definition) is 2. The number of aryl methyl sites for hydroxylation is 2. The molecule has 3 aromatic rings. The average molecular weight is 351 g/mol. The number of nitrogens with one attached hydrogen (secondary N) is 2. The number of anilines is 1. The summed E-state index contributed by atoms with van der Waals surface area (Å²) in [7, 11) is 0. The van der Waals surface area contributed by atoms with Crippen LogP contribution in [-0.4, -0.2) is 25.7 Å². The Morgan fingerprint density at radius 1 is 1.27 bits per heavy atom. The van der Waals surface area contributed by atoms with E-state index in [1.54, 1.807) is 10.9 Å². The zero-order valence-corrected chi connectivity index (χ0v) is 14.6. The van der Waals surface area contributed by atoms with E-state index in [0.717, 1.165) is 11.3 Å². The Hall–Kier alpha value is -3.22. The summed E-state index contributed by atoms with van der Waals surface area (Å²) in [6, 6.07) is 10.7. The van der Waals surface area contributed by atoms with Crippen molar-refractivity contribution in [3.05, 3.63) is 64.8 Å². The molecule has 0 aliphatic heterocycles. The maximum atomic E-state index is 12.1. The Labute approximate surface area is 151 Å². The number of carbonyl (C=O) groups excluding carboxylic acids is 1. The van der Waals surface area contributed by atoms with Crippen molar-refractivity contribution in [1.82, 2.24) is 19.7 Å². The van der Waals surface area contributed by atoms with Gasteiger partial charge in [-0.05, 0) is 31.0 Å². The normalized spacial score (nSPS) is 10.7. The topological polar surface area (TPSA) is 92.7 Å². The van der Waals surface area contributed by atoms with Gasteiger partial charge >= 0.3 is 0 Å². The van der Waals surface area contributed by atoms with E-state index in [0.29, 0.717) is 37.3 Å². The molecule has 0 saturated heterocycles. The lowest BCUT2D eigenvalue weighted by Gasteiger charge is -2.08. The molecule has 7 nitrogen and oxygen atoms in total. The summed E-state index contributed by atoms with van der Waals surface area (Å²) in [5, 5.41) is 7.00. The summed E-state index contributed by atoms with van der Waals surface area (Å²) < 4.78 is 1.80. The van der Waals surface area contributed by atoms with Gasteiger partial charge < -0.3 is 10.3 Å². The second kappa shape index (κ2) is 8.24. The third kappa shape index (κ3) is 4.66. The zero-order valence-electron chi connectivity index (χ0n) is 14.6. The molecule has 0 spiro atoms. The molecule has 1 amide bonds. The number of H-pyrrole nitrogens is 1. The monoisotopic (exact) mass is 351 g/mol. The highest BCUT2D eigenvalue weighted by molar-refractivity contribution is 5.91. The lowest BCUT2D eigenvalue weighted by molar-refractivity contribution is -0.116. The average Bonchev–Trinajstić information content (AvgIpc) is 3.15. The molecule has 0 aliphatic rings. The van der Waals surface area contributed by atoms with Crippen LogP contribution < -0.4 is 10.9 Å². The van der Waals surface area contributed by atoms with E-state index < -0.39 is 0 Å². The van der Waals surface area contributed by atoms with Crippen LogP contribution in [0, 0.1) is 0 Å². The number of carbonyl (C=O) groups is 1. The van der Waals surface area contributed by atoms with Gasteiger partial charge in [0.05, 0.1) is 0 Å². The van der Waals surface area contributed by atoms with Gasteiger partial charge in [-0.15, -0.1) is 0 Å². The van der Waals surface area contributed by atoms with E-state index in [1.807, 2.05) is 43.5 Å². The number of hydrogen-bond acceptors (Lipinski definition) is 4. The molecule has 7 heteroatoms. The Bertz CT molecular complexity index is 931.